The van der Waals surface area contributed by atoms with Crippen molar-refractivity contribution in [3.05, 3.63) is 96.7 Å². The second-order valence-electron chi connectivity index (χ2n) is 8.74. The Morgan fingerprint density at radius 2 is 1.70 bits per heavy atom. The summed E-state index contributed by atoms with van der Waals surface area (Å²) in [6.07, 6.45) is 1.97. The highest BCUT2D eigenvalue weighted by Crippen LogP contribution is 2.34. The van der Waals surface area contributed by atoms with Gasteiger partial charge in [0.05, 0.1) is 22.0 Å². The number of nitrogens with zero attached hydrogens (tertiary/aromatic N) is 3. The number of phenolic OH excluding ortho intramolecular Hbond substituents is 1. The van der Waals surface area contributed by atoms with E-state index in [4.69, 9.17) is 4.98 Å². The molecule has 0 radical (unpaired) electrons. The number of aromatic nitrogens is 4. The van der Waals surface area contributed by atoms with Crippen LogP contribution in [0.25, 0.3) is 34.0 Å². The van der Waals surface area contributed by atoms with Crippen molar-refractivity contribution in [2.45, 2.75) is 11.3 Å². The highest BCUT2D eigenvalue weighted by molar-refractivity contribution is 7.89. The normalized spacial score (nSPS) is 11.4. The van der Waals surface area contributed by atoms with Gasteiger partial charge in [-0.05, 0) is 48.9 Å². The quantitative estimate of drug-likeness (QED) is 0.177. The van der Waals surface area contributed by atoms with Crippen LogP contribution in [-0.4, -0.2) is 46.5 Å². The van der Waals surface area contributed by atoms with Crippen LogP contribution in [0.4, 0.5) is 14.7 Å². The number of sulfonamides is 1. The molecular weight excluding hydrogens is 538 g/mol. The van der Waals surface area contributed by atoms with Crippen LogP contribution in [0.2, 0.25) is 0 Å². The number of rotatable bonds is 10. The van der Waals surface area contributed by atoms with Crippen LogP contribution >= 0.6 is 0 Å². The molecule has 0 aliphatic carbocycles. The Hall–Kier alpha value is -4.68. The van der Waals surface area contributed by atoms with E-state index in [1.807, 2.05) is 30.3 Å². The molecule has 2 heterocycles. The van der Waals surface area contributed by atoms with E-state index in [0.717, 1.165) is 11.6 Å². The maximum Gasteiger partial charge on any atom is 0.240 e. The Balaban J connectivity index is 1.32. The summed E-state index contributed by atoms with van der Waals surface area (Å²) in [4.78, 5) is 16.6. The number of aromatic hydroxyl groups is 1. The lowest BCUT2D eigenvalue weighted by Gasteiger charge is -2.09. The van der Waals surface area contributed by atoms with Crippen LogP contribution in [0.1, 0.15) is 6.42 Å². The molecule has 0 atom stereocenters. The van der Waals surface area contributed by atoms with Crippen molar-refractivity contribution in [3.8, 4) is 39.8 Å². The highest BCUT2D eigenvalue weighted by atomic mass is 32.2. The van der Waals surface area contributed by atoms with Crippen molar-refractivity contribution < 1.29 is 22.3 Å². The topological polar surface area (TPSA) is 133 Å². The highest BCUT2D eigenvalue weighted by Gasteiger charge is 2.18. The molecule has 0 spiro atoms. The molecular formula is C28H24F2N6O3S. The second-order valence-corrected chi connectivity index (χ2v) is 10.5. The SMILES string of the molecule is O=S(=O)(NCCCNc1nccc(-c2[nH]c(-c3ccccc3)nc2-c2ccc(F)c(O)c2)n1)c1cccc(F)c1. The summed E-state index contributed by atoms with van der Waals surface area (Å²) in [7, 11) is -3.83. The standard InChI is InChI=1S/C28H24F2N6O3S/c29-20-8-4-9-21(17-20)40(38,39)33-14-5-13-31-28-32-15-12-23(34-28)26-25(19-10-11-22(30)24(37)16-19)35-27(36-26)18-6-2-1-3-7-18/h1-4,6-12,15-17,33,37H,5,13-14H2,(H,35,36)(H,31,32,34). The van der Waals surface area contributed by atoms with E-state index in [-0.39, 0.29) is 11.4 Å². The second kappa shape index (κ2) is 11.6. The Kier molecular flexibility index (Phi) is 7.80. The predicted molar refractivity (Wildman–Crippen MR) is 147 cm³/mol. The molecule has 40 heavy (non-hydrogen) atoms. The van der Waals surface area contributed by atoms with Gasteiger partial charge < -0.3 is 15.4 Å². The van der Waals surface area contributed by atoms with Gasteiger partial charge in [-0.2, -0.15) is 0 Å². The molecule has 0 saturated carbocycles. The Bertz CT molecular complexity index is 1750. The van der Waals surface area contributed by atoms with E-state index in [1.165, 1.54) is 36.4 Å². The Labute approximate surface area is 229 Å². The molecule has 0 unspecified atom stereocenters. The number of benzene rings is 3. The first-order chi connectivity index (χ1) is 19.3. The van der Waals surface area contributed by atoms with Crippen LogP contribution in [0.15, 0.2) is 90.0 Å². The summed E-state index contributed by atoms with van der Waals surface area (Å²) in [5, 5.41) is 13.0. The molecule has 9 nitrogen and oxygen atoms in total. The van der Waals surface area contributed by atoms with Crippen LogP contribution in [-0.2, 0) is 10.0 Å². The molecule has 0 bridgehead atoms. The van der Waals surface area contributed by atoms with Crippen LogP contribution in [0.5, 0.6) is 5.75 Å². The molecule has 5 aromatic rings. The molecule has 2 aromatic heterocycles. The van der Waals surface area contributed by atoms with Gasteiger partial charge in [-0.15, -0.1) is 0 Å². The van der Waals surface area contributed by atoms with Crippen molar-refractivity contribution in [1.82, 2.24) is 24.7 Å². The number of imidazole rings is 1. The third-order valence-corrected chi connectivity index (χ3v) is 7.38. The zero-order chi connectivity index (χ0) is 28.1. The van der Waals surface area contributed by atoms with Crippen molar-refractivity contribution in [3.63, 3.8) is 0 Å². The number of halogens is 2. The minimum absolute atomic E-state index is 0.116. The molecule has 5 rings (SSSR count). The fourth-order valence-corrected chi connectivity index (χ4v) is 5.06. The van der Waals surface area contributed by atoms with E-state index < -0.39 is 27.4 Å². The lowest BCUT2D eigenvalue weighted by molar-refractivity contribution is 0.432. The van der Waals surface area contributed by atoms with Crippen molar-refractivity contribution in [2.24, 2.45) is 0 Å². The fourth-order valence-electron chi connectivity index (χ4n) is 3.96. The van der Waals surface area contributed by atoms with E-state index in [2.05, 4.69) is 25.0 Å². The number of nitrogens with one attached hydrogen (secondary N) is 3. The molecule has 3 aromatic carbocycles. The van der Waals surface area contributed by atoms with E-state index in [9.17, 15) is 22.3 Å². The lowest BCUT2D eigenvalue weighted by Crippen LogP contribution is -2.26. The summed E-state index contributed by atoms with van der Waals surface area (Å²) in [6.45, 7) is 0.469. The molecule has 0 amide bonds. The first-order valence-electron chi connectivity index (χ1n) is 12.3. The number of phenols is 1. The third-order valence-electron chi connectivity index (χ3n) is 5.92. The summed E-state index contributed by atoms with van der Waals surface area (Å²) in [6, 6.07) is 19.9. The smallest absolute Gasteiger partial charge is 0.240 e. The average molecular weight is 563 g/mol. The monoisotopic (exact) mass is 562 g/mol. The van der Waals surface area contributed by atoms with Gasteiger partial charge in [-0.1, -0.05) is 36.4 Å². The van der Waals surface area contributed by atoms with Crippen molar-refractivity contribution in [1.29, 1.82) is 0 Å². The minimum Gasteiger partial charge on any atom is -0.505 e. The molecule has 204 valence electrons. The van der Waals surface area contributed by atoms with Crippen LogP contribution in [0.3, 0.4) is 0 Å². The number of aromatic amines is 1. The van der Waals surface area contributed by atoms with Gasteiger partial charge >= 0.3 is 0 Å². The number of anilines is 1. The number of hydrogen-bond acceptors (Lipinski definition) is 7. The maximum atomic E-state index is 13.7. The Morgan fingerprint density at radius 1 is 0.875 bits per heavy atom. The predicted octanol–water partition coefficient (Wildman–Crippen LogP) is 4.97. The average Bonchev–Trinajstić information content (AvgIpc) is 3.41. The molecule has 0 aliphatic heterocycles. The van der Waals surface area contributed by atoms with Crippen molar-refractivity contribution in [2.75, 3.05) is 18.4 Å². The first-order valence-corrected chi connectivity index (χ1v) is 13.8. The van der Waals surface area contributed by atoms with E-state index >= 15 is 0 Å². The van der Waals surface area contributed by atoms with Gasteiger partial charge in [0, 0.05) is 30.4 Å². The maximum absolute atomic E-state index is 13.7. The van der Waals surface area contributed by atoms with E-state index in [0.29, 0.717) is 47.4 Å². The molecule has 0 fully saturated rings. The van der Waals surface area contributed by atoms with Crippen molar-refractivity contribution >= 4 is 16.0 Å². The molecule has 4 N–H and O–H groups in total. The summed E-state index contributed by atoms with van der Waals surface area (Å²) in [5.74, 6) is -1.00. The lowest BCUT2D eigenvalue weighted by atomic mass is 10.1. The number of H-pyrrole nitrogens is 1. The zero-order valence-corrected chi connectivity index (χ0v) is 21.8. The molecule has 0 aliphatic rings. The first kappa shape index (κ1) is 26.9. The van der Waals surface area contributed by atoms with Crippen LogP contribution in [0, 0.1) is 11.6 Å². The fraction of sp³-hybridized carbons (Fsp3) is 0.107. The van der Waals surface area contributed by atoms with Gasteiger partial charge in [0.1, 0.15) is 11.6 Å². The summed E-state index contributed by atoms with van der Waals surface area (Å²) >= 11 is 0. The van der Waals surface area contributed by atoms with Gasteiger partial charge in [0.15, 0.2) is 11.6 Å². The molecule has 12 heteroatoms. The molecule has 0 saturated heterocycles. The Morgan fingerprint density at radius 3 is 2.48 bits per heavy atom. The van der Waals surface area contributed by atoms with E-state index in [1.54, 1.807) is 12.3 Å². The van der Waals surface area contributed by atoms with Gasteiger partial charge in [0.25, 0.3) is 0 Å². The third kappa shape index (κ3) is 6.14. The largest absolute Gasteiger partial charge is 0.505 e. The van der Waals surface area contributed by atoms with Gasteiger partial charge in [-0.3, -0.25) is 0 Å². The van der Waals surface area contributed by atoms with Crippen LogP contribution < -0.4 is 10.0 Å². The minimum atomic E-state index is -3.83. The van der Waals surface area contributed by atoms with Gasteiger partial charge in [-0.25, -0.2) is 36.9 Å². The number of hydrogen-bond donors (Lipinski definition) is 4. The summed E-state index contributed by atoms with van der Waals surface area (Å²) in [5.41, 5.74) is 2.82. The summed E-state index contributed by atoms with van der Waals surface area (Å²) < 4.78 is 54.2. The van der Waals surface area contributed by atoms with Gasteiger partial charge in [0.2, 0.25) is 16.0 Å². The zero-order valence-electron chi connectivity index (χ0n) is 21.0.